The Morgan fingerprint density at radius 1 is 1.12 bits per heavy atom. The van der Waals surface area contributed by atoms with Crippen LogP contribution >= 0.6 is 0 Å². The molecule has 0 bridgehead atoms. The van der Waals surface area contributed by atoms with Gasteiger partial charge in [-0.2, -0.15) is 0 Å². The third kappa shape index (κ3) is 3.99. The molecule has 26 heavy (non-hydrogen) atoms. The molecular formula is C22H28O4. The van der Waals surface area contributed by atoms with E-state index in [0.717, 1.165) is 42.4 Å². The van der Waals surface area contributed by atoms with Crippen LogP contribution in [0.4, 0.5) is 0 Å². The van der Waals surface area contributed by atoms with E-state index in [9.17, 15) is 10.2 Å². The summed E-state index contributed by atoms with van der Waals surface area (Å²) in [7, 11) is 0. The Morgan fingerprint density at radius 3 is 2.58 bits per heavy atom. The Morgan fingerprint density at radius 2 is 1.85 bits per heavy atom. The highest BCUT2D eigenvalue weighted by Crippen LogP contribution is 2.42. The van der Waals surface area contributed by atoms with Gasteiger partial charge in [0, 0.05) is 11.1 Å². The van der Waals surface area contributed by atoms with Crippen LogP contribution in [-0.2, 0) is 21.9 Å². The summed E-state index contributed by atoms with van der Waals surface area (Å²) in [5, 5.41) is 19.6. The van der Waals surface area contributed by atoms with Crippen molar-refractivity contribution in [3.63, 3.8) is 0 Å². The lowest BCUT2D eigenvalue weighted by atomic mass is 9.93. The number of aliphatic hydroxyl groups excluding tert-OH is 2. The van der Waals surface area contributed by atoms with Crippen molar-refractivity contribution in [3.8, 4) is 0 Å². The predicted octanol–water partition coefficient (Wildman–Crippen LogP) is 3.74. The van der Waals surface area contributed by atoms with Crippen LogP contribution in [0.15, 0.2) is 54.6 Å². The van der Waals surface area contributed by atoms with Crippen molar-refractivity contribution in [1.29, 1.82) is 0 Å². The number of ether oxygens (including phenoxy) is 2. The molecule has 4 heteroatoms. The van der Waals surface area contributed by atoms with E-state index in [1.165, 1.54) is 0 Å². The van der Waals surface area contributed by atoms with Gasteiger partial charge >= 0.3 is 0 Å². The fourth-order valence-electron chi connectivity index (χ4n) is 3.53. The molecule has 140 valence electrons. The zero-order chi connectivity index (χ0) is 18.4. The summed E-state index contributed by atoms with van der Waals surface area (Å²) in [6.07, 6.45) is 3.02. The van der Waals surface area contributed by atoms with E-state index < -0.39 is 5.79 Å². The molecule has 2 aromatic rings. The lowest BCUT2D eigenvalue weighted by molar-refractivity contribution is -0.144. The molecule has 3 atom stereocenters. The standard InChI is InChI=1S/C22H28O4/c1-2-19(24)12-8-13-20-16-25-22(26-20,18-10-4-3-5-11-18)21-14-7-6-9-17(21)15-23/h3-7,9-11,14,19-20,23-24H,2,8,12-13,15-16H2,1H3. The highest BCUT2D eigenvalue weighted by atomic mass is 16.7. The molecule has 0 radical (unpaired) electrons. The minimum absolute atomic E-state index is 0.0361. The molecule has 0 amide bonds. The quantitative estimate of drug-likeness (QED) is 0.756. The maximum Gasteiger partial charge on any atom is 0.223 e. The maximum absolute atomic E-state index is 9.80. The molecule has 0 aliphatic carbocycles. The summed E-state index contributed by atoms with van der Waals surface area (Å²) >= 11 is 0. The van der Waals surface area contributed by atoms with E-state index in [2.05, 4.69) is 0 Å². The largest absolute Gasteiger partial charge is 0.393 e. The van der Waals surface area contributed by atoms with Gasteiger partial charge in [-0.05, 0) is 31.2 Å². The smallest absolute Gasteiger partial charge is 0.223 e. The predicted molar refractivity (Wildman–Crippen MR) is 101 cm³/mol. The van der Waals surface area contributed by atoms with Crippen molar-refractivity contribution < 1.29 is 19.7 Å². The monoisotopic (exact) mass is 356 g/mol. The van der Waals surface area contributed by atoms with Crippen LogP contribution < -0.4 is 0 Å². The molecule has 4 nitrogen and oxygen atoms in total. The van der Waals surface area contributed by atoms with Gasteiger partial charge in [0.15, 0.2) is 0 Å². The summed E-state index contributed by atoms with van der Waals surface area (Å²) in [5.41, 5.74) is 2.58. The Bertz CT molecular complexity index is 688. The molecule has 2 aromatic carbocycles. The van der Waals surface area contributed by atoms with Crippen LogP contribution in [0.5, 0.6) is 0 Å². The number of hydrogen-bond donors (Lipinski definition) is 2. The second-order valence-corrected chi connectivity index (χ2v) is 6.84. The molecule has 2 N–H and O–H groups in total. The average Bonchev–Trinajstić information content (AvgIpc) is 3.13. The van der Waals surface area contributed by atoms with Crippen LogP contribution in [0.1, 0.15) is 49.3 Å². The Hall–Kier alpha value is -1.72. The van der Waals surface area contributed by atoms with Gasteiger partial charge in [-0.15, -0.1) is 0 Å². The van der Waals surface area contributed by atoms with Crippen LogP contribution in [-0.4, -0.2) is 29.0 Å². The molecule has 1 fully saturated rings. The molecular weight excluding hydrogens is 328 g/mol. The molecule has 1 aliphatic rings. The Labute approximate surface area is 155 Å². The fourth-order valence-corrected chi connectivity index (χ4v) is 3.53. The van der Waals surface area contributed by atoms with Crippen molar-refractivity contribution in [2.75, 3.05) is 6.61 Å². The van der Waals surface area contributed by atoms with Crippen LogP contribution in [0.25, 0.3) is 0 Å². The third-order valence-electron chi connectivity index (χ3n) is 5.04. The van der Waals surface area contributed by atoms with Crippen LogP contribution in [0, 0.1) is 0 Å². The molecule has 3 unspecified atom stereocenters. The molecule has 0 aromatic heterocycles. The summed E-state index contributed by atoms with van der Waals surface area (Å²) in [6.45, 7) is 2.42. The van der Waals surface area contributed by atoms with Crippen molar-refractivity contribution in [1.82, 2.24) is 0 Å². The topological polar surface area (TPSA) is 58.9 Å². The summed E-state index contributed by atoms with van der Waals surface area (Å²) in [4.78, 5) is 0. The molecule has 1 heterocycles. The van der Waals surface area contributed by atoms with Crippen LogP contribution in [0.2, 0.25) is 0 Å². The fraction of sp³-hybridized carbons (Fsp3) is 0.455. The summed E-state index contributed by atoms with van der Waals surface area (Å²) in [5.74, 6) is -0.991. The van der Waals surface area contributed by atoms with Gasteiger partial charge in [0.05, 0.1) is 25.4 Å². The van der Waals surface area contributed by atoms with E-state index in [1.54, 1.807) is 0 Å². The van der Waals surface area contributed by atoms with Gasteiger partial charge in [0.25, 0.3) is 0 Å². The second-order valence-electron chi connectivity index (χ2n) is 6.84. The van der Waals surface area contributed by atoms with E-state index in [4.69, 9.17) is 9.47 Å². The van der Waals surface area contributed by atoms with E-state index in [1.807, 2.05) is 61.5 Å². The first-order valence-corrected chi connectivity index (χ1v) is 9.44. The second kappa shape index (κ2) is 8.78. The molecule has 1 aliphatic heterocycles. The highest BCUT2D eigenvalue weighted by molar-refractivity contribution is 5.39. The molecule has 3 rings (SSSR count). The number of rotatable bonds is 8. The van der Waals surface area contributed by atoms with Crippen molar-refractivity contribution in [2.45, 2.75) is 57.2 Å². The summed E-state index contributed by atoms with van der Waals surface area (Å²) < 4.78 is 12.7. The van der Waals surface area contributed by atoms with Gasteiger partial charge in [-0.25, -0.2) is 0 Å². The van der Waals surface area contributed by atoms with Gasteiger partial charge in [0.2, 0.25) is 5.79 Å². The van der Waals surface area contributed by atoms with E-state index in [0.29, 0.717) is 6.61 Å². The Balaban J connectivity index is 1.85. The van der Waals surface area contributed by atoms with Crippen LogP contribution in [0.3, 0.4) is 0 Å². The van der Waals surface area contributed by atoms with Gasteiger partial charge in [-0.3, -0.25) is 0 Å². The van der Waals surface area contributed by atoms with E-state index >= 15 is 0 Å². The normalized spacial score (nSPS) is 23.9. The zero-order valence-corrected chi connectivity index (χ0v) is 15.3. The summed E-state index contributed by atoms with van der Waals surface area (Å²) in [6, 6.07) is 17.6. The minimum Gasteiger partial charge on any atom is -0.393 e. The molecule has 0 spiro atoms. The van der Waals surface area contributed by atoms with E-state index in [-0.39, 0.29) is 18.8 Å². The van der Waals surface area contributed by atoms with Gasteiger partial charge < -0.3 is 19.7 Å². The molecule has 1 saturated heterocycles. The number of aliphatic hydroxyl groups is 2. The Kier molecular flexibility index (Phi) is 6.43. The lowest BCUT2D eigenvalue weighted by Gasteiger charge is -2.31. The van der Waals surface area contributed by atoms with Crippen molar-refractivity contribution >= 4 is 0 Å². The first-order chi connectivity index (χ1) is 12.7. The first kappa shape index (κ1) is 19.1. The van der Waals surface area contributed by atoms with Crippen molar-refractivity contribution in [2.24, 2.45) is 0 Å². The maximum atomic E-state index is 9.80. The van der Waals surface area contributed by atoms with Gasteiger partial charge in [0.1, 0.15) is 0 Å². The average molecular weight is 356 g/mol. The zero-order valence-electron chi connectivity index (χ0n) is 15.3. The first-order valence-electron chi connectivity index (χ1n) is 9.44. The lowest BCUT2D eigenvalue weighted by Crippen LogP contribution is -2.31. The van der Waals surface area contributed by atoms with Crippen molar-refractivity contribution in [3.05, 3.63) is 71.3 Å². The third-order valence-corrected chi connectivity index (χ3v) is 5.04. The molecule has 0 saturated carbocycles. The SMILES string of the molecule is CCC(O)CCCC1COC(c2ccccc2)(c2ccccc2CO)O1. The van der Waals surface area contributed by atoms with Gasteiger partial charge in [-0.1, -0.05) is 61.5 Å². The number of hydrogen-bond acceptors (Lipinski definition) is 4. The number of benzene rings is 2. The minimum atomic E-state index is -0.991. The highest BCUT2D eigenvalue weighted by Gasteiger charge is 2.45.